The standard InChI is InChI=1S/C41H30N2O9S/c44-27-12-4-23(5-13-27)20-21-43-32(22-24-6-14-28(45)15-7-24)34(25-8-16-29(46)17-9-25)37-36-31-2-1-3-33(52-53(49,50)51)38(31)42-39(36)41(48)35(40(37)43)26-10-18-30(47)19-11-26/h1-19,22,42,44-47H,20-21H2,(H,49,50,51)/p-1/b32-22-. The van der Waals surface area contributed by atoms with Crippen molar-refractivity contribution in [3.05, 3.63) is 148 Å². The normalized spacial score (nSPS) is 13.0. The van der Waals surface area contributed by atoms with E-state index in [1.165, 1.54) is 24.3 Å². The predicted octanol–water partition coefficient (Wildman–Crippen LogP) is 5.43. The van der Waals surface area contributed by atoms with Gasteiger partial charge in [0.05, 0.1) is 27.5 Å². The first-order valence-electron chi connectivity index (χ1n) is 16.4. The molecule has 7 aromatic rings. The maximum absolute atomic E-state index is 14.9. The number of benzene rings is 5. The van der Waals surface area contributed by atoms with E-state index >= 15 is 0 Å². The Bertz CT molecular complexity index is 2800. The van der Waals surface area contributed by atoms with Crippen LogP contribution >= 0.6 is 0 Å². The van der Waals surface area contributed by atoms with Crippen molar-refractivity contribution < 1.29 is 42.4 Å². The van der Waals surface area contributed by atoms with E-state index in [-0.39, 0.29) is 45.5 Å². The number of phenolic OH excluding ortho intramolecular Hbond substituents is 4. The number of rotatable bonds is 8. The monoisotopic (exact) mass is 725 g/mol. The Hall–Kier alpha value is -6.76. The lowest BCUT2D eigenvalue weighted by Gasteiger charge is -2.17. The molecule has 2 heterocycles. The smallest absolute Gasteiger partial charge is 0.262 e. The molecule has 5 aromatic carbocycles. The average Bonchev–Trinajstić information content (AvgIpc) is 3.66. The van der Waals surface area contributed by atoms with Crippen LogP contribution in [-0.4, -0.2) is 48.7 Å². The van der Waals surface area contributed by atoms with Crippen LogP contribution in [0.3, 0.4) is 0 Å². The highest BCUT2D eigenvalue weighted by molar-refractivity contribution is 7.81. The first-order valence-corrected chi connectivity index (χ1v) is 17.8. The lowest BCUT2D eigenvalue weighted by molar-refractivity contribution is 0.105. The van der Waals surface area contributed by atoms with Crippen molar-refractivity contribution >= 4 is 38.7 Å². The molecule has 2 aromatic heterocycles. The second-order valence-corrected chi connectivity index (χ2v) is 13.6. The van der Waals surface area contributed by atoms with E-state index < -0.39 is 16.2 Å². The van der Waals surface area contributed by atoms with Gasteiger partial charge in [0.25, 0.3) is 10.4 Å². The molecule has 0 radical (unpaired) electrons. The summed E-state index contributed by atoms with van der Waals surface area (Å²) in [5, 5.41) is 42.2. The van der Waals surface area contributed by atoms with E-state index in [4.69, 9.17) is 4.18 Å². The van der Waals surface area contributed by atoms with Crippen LogP contribution in [-0.2, 0) is 23.4 Å². The molecule has 12 heteroatoms. The minimum Gasteiger partial charge on any atom is -0.716 e. The quantitative estimate of drug-likeness (QED) is 0.101. The Labute approximate surface area is 302 Å². The van der Waals surface area contributed by atoms with Crippen molar-refractivity contribution in [2.75, 3.05) is 0 Å². The number of fused-ring (bicyclic) bond motifs is 5. The fourth-order valence-electron chi connectivity index (χ4n) is 7.00. The van der Waals surface area contributed by atoms with Crippen LogP contribution in [0.5, 0.6) is 28.7 Å². The molecule has 0 amide bonds. The zero-order chi connectivity index (χ0) is 37.0. The van der Waals surface area contributed by atoms with E-state index in [1.54, 1.807) is 78.9 Å². The molecule has 53 heavy (non-hydrogen) atoms. The Morgan fingerprint density at radius 3 is 1.87 bits per heavy atom. The van der Waals surface area contributed by atoms with Crippen molar-refractivity contribution in [1.29, 1.82) is 0 Å². The lowest BCUT2D eigenvalue weighted by atomic mass is 9.85. The van der Waals surface area contributed by atoms with Gasteiger partial charge in [0, 0.05) is 28.6 Å². The van der Waals surface area contributed by atoms with Gasteiger partial charge in [-0.2, -0.15) is 0 Å². The number of hydrogen-bond donors (Lipinski definition) is 5. The maximum Gasteiger partial charge on any atom is 0.262 e. The highest BCUT2D eigenvalue weighted by Gasteiger charge is 2.35. The second-order valence-electron chi connectivity index (χ2n) is 12.6. The molecule has 0 saturated heterocycles. The number of aryl methyl sites for hydroxylation is 1. The molecule has 0 spiro atoms. The Kier molecular flexibility index (Phi) is 8.05. The number of nitrogens with zero attached hydrogens (tertiary/aromatic N) is 1. The van der Waals surface area contributed by atoms with Gasteiger partial charge in [0.15, 0.2) is 5.75 Å². The van der Waals surface area contributed by atoms with E-state index in [0.29, 0.717) is 56.9 Å². The van der Waals surface area contributed by atoms with Crippen molar-refractivity contribution in [2.45, 2.75) is 13.0 Å². The summed E-state index contributed by atoms with van der Waals surface area (Å²) < 4.78 is 42.2. The van der Waals surface area contributed by atoms with Crippen molar-refractivity contribution in [3.8, 4) is 51.0 Å². The highest BCUT2D eigenvalue weighted by atomic mass is 32.3. The third-order valence-corrected chi connectivity index (χ3v) is 9.68. The molecular weight excluding hydrogens is 697 g/mol. The second kappa shape index (κ2) is 12.8. The van der Waals surface area contributed by atoms with Crippen molar-refractivity contribution in [1.82, 2.24) is 9.55 Å². The minimum atomic E-state index is -5.18. The molecule has 11 nitrogen and oxygen atoms in total. The zero-order valence-electron chi connectivity index (χ0n) is 27.6. The van der Waals surface area contributed by atoms with E-state index in [1.807, 2.05) is 22.8 Å². The molecule has 0 unspecified atom stereocenters. The van der Waals surface area contributed by atoms with Gasteiger partial charge in [-0.1, -0.05) is 60.7 Å². The Morgan fingerprint density at radius 2 is 1.26 bits per heavy atom. The molecule has 5 N–H and O–H groups in total. The minimum absolute atomic E-state index is 0.00130. The van der Waals surface area contributed by atoms with Crippen LogP contribution in [0, 0.1) is 0 Å². The van der Waals surface area contributed by atoms with Gasteiger partial charge in [0.2, 0.25) is 5.78 Å². The average molecular weight is 726 g/mol. The Balaban J connectivity index is 1.57. The van der Waals surface area contributed by atoms with Crippen LogP contribution in [0.2, 0.25) is 0 Å². The SMILES string of the molecule is O=C1C(c2ccc(O)cc2)=c2c(c(-c3ccc(O)cc3)/c(=C/c3ccc(O)cc3)n2CCc2ccc(O)cc2)-c2c1[nH]c1c(OS(=O)(=O)[O-])cccc21. The number of hydrogen-bond acceptors (Lipinski definition) is 9. The number of aromatic hydroxyl groups is 4. The molecule has 264 valence electrons. The van der Waals surface area contributed by atoms with Crippen molar-refractivity contribution in [2.24, 2.45) is 0 Å². The molecule has 0 aliphatic heterocycles. The molecule has 0 bridgehead atoms. The highest BCUT2D eigenvalue weighted by Crippen LogP contribution is 2.43. The van der Waals surface area contributed by atoms with E-state index in [0.717, 1.165) is 11.1 Å². The topological polar surface area (TPSA) is 185 Å². The third kappa shape index (κ3) is 6.15. The summed E-state index contributed by atoms with van der Waals surface area (Å²) in [6.45, 7) is 0.338. The van der Waals surface area contributed by atoms with Gasteiger partial charge < -0.3 is 38.7 Å². The number of ketones is 1. The van der Waals surface area contributed by atoms with Gasteiger partial charge in [-0.05, 0) is 89.3 Å². The number of aromatic amines is 1. The molecule has 1 aliphatic rings. The summed E-state index contributed by atoms with van der Waals surface area (Å²) in [7, 11) is -5.18. The molecule has 0 fully saturated rings. The van der Waals surface area contributed by atoms with Gasteiger partial charge in [-0.15, -0.1) is 0 Å². The van der Waals surface area contributed by atoms with Crippen LogP contribution in [0.1, 0.15) is 27.2 Å². The number of H-pyrrole nitrogens is 1. The number of carbonyl (C=O) groups excluding carboxylic acids is 1. The van der Waals surface area contributed by atoms with Crippen LogP contribution < -0.4 is 14.9 Å². The van der Waals surface area contributed by atoms with Crippen LogP contribution in [0.25, 0.3) is 44.8 Å². The van der Waals surface area contributed by atoms with Crippen LogP contribution in [0.4, 0.5) is 0 Å². The number of aromatic nitrogens is 2. The fourth-order valence-corrected chi connectivity index (χ4v) is 7.36. The first-order chi connectivity index (χ1) is 25.4. The van der Waals surface area contributed by atoms with Gasteiger partial charge >= 0.3 is 0 Å². The molecule has 1 aliphatic carbocycles. The molecule has 0 atom stereocenters. The van der Waals surface area contributed by atoms with Crippen LogP contribution in [0.15, 0.2) is 115 Å². The first kappa shape index (κ1) is 33.4. The van der Waals surface area contributed by atoms with E-state index in [2.05, 4.69) is 4.98 Å². The van der Waals surface area contributed by atoms with Gasteiger partial charge in [-0.25, -0.2) is 8.42 Å². The van der Waals surface area contributed by atoms with Gasteiger partial charge in [0.1, 0.15) is 23.0 Å². The number of phenols is 4. The lowest BCUT2D eigenvalue weighted by Crippen LogP contribution is -2.34. The summed E-state index contributed by atoms with van der Waals surface area (Å²) >= 11 is 0. The molecule has 0 saturated carbocycles. The largest absolute Gasteiger partial charge is 0.716 e. The zero-order valence-corrected chi connectivity index (χ0v) is 28.5. The maximum atomic E-state index is 14.9. The summed E-state index contributed by atoms with van der Waals surface area (Å²) in [4.78, 5) is 18.0. The number of para-hydroxylation sites is 1. The summed E-state index contributed by atoms with van der Waals surface area (Å²) in [6.07, 6.45) is 2.41. The third-order valence-electron chi connectivity index (χ3n) is 9.30. The predicted molar refractivity (Wildman–Crippen MR) is 197 cm³/mol. The Morgan fingerprint density at radius 1 is 0.698 bits per heavy atom. The van der Waals surface area contributed by atoms with Gasteiger partial charge in [-0.3, -0.25) is 4.79 Å². The summed E-state index contributed by atoms with van der Waals surface area (Å²) in [6, 6.07) is 30.9. The summed E-state index contributed by atoms with van der Waals surface area (Å²) in [5.74, 6) is -0.463. The number of Topliss-reactive ketones (excluding diaryl/α,β-unsaturated/α-hetero) is 1. The number of carbonyl (C=O) groups is 1. The fraction of sp³-hybridized carbons (Fsp3) is 0.0488. The van der Waals surface area contributed by atoms with Crippen molar-refractivity contribution in [3.63, 3.8) is 0 Å². The molecule has 8 rings (SSSR count). The number of nitrogens with one attached hydrogen (secondary N) is 1. The van der Waals surface area contributed by atoms with E-state index in [9.17, 15) is 38.2 Å². The molecular formula is C41H29N2O9S-. The summed E-state index contributed by atoms with van der Waals surface area (Å²) in [5.41, 5.74) is 5.09.